The lowest BCUT2D eigenvalue weighted by molar-refractivity contribution is -0.402. The van der Waals surface area contributed by atoms with Crippen molar-refractivity contribution in [2.45, 2.75) is 368 Å². The zero-order chi connectivity index (χ0) is 106. The first-order valence-electron chi connectivity index (χ1n) is 46.8. The van der Waals surface area contributed by atoms with Crippen molar-refractivity contribution in [2.24, 2.45) is 0 Å². The zero-order valence-corrected chi connectivity index (χ0v) is 81.0. The second kappa shape index (κ2) is 55.5. The van der Waals surface area contributed by atoms with Gasteiger partial charge >= 0.3 is 0 Å². The predicted molar refractivity (Wildman–Crippen MR) is 452 cm³/mol. The molecule has 848 valence electrons. The molecule has 0 aromatic rings. The van der Waals surface area contributed by atoms with Crippen LogP contribution in [0.2, 0.25) is 0 Å². The standard InChI is InChI=1S/C84H146O61/c1-111-13-25-37(85)38(86)51(99)74(124-25)136-63-27(15-113-3)126-76(53(101)40(63)88)138-65-29(17-115-5)128-78(55(103)42(65)90)140-67-31(19-117-7)130-80(57(105)44(67)92)142-69-33(21-119-9)132-82(59(107)46(69)94)144-71-35(23-121-11)134-84(61(109)48(71)96)145-72-36(24-122-12)133-83(60(108)49(72)97)143-70-34(22-120-10)131-81(58(106)47(70)95)141-68-32(20-118-8)129-79(56(104)45(68)93)139-66-30(18-116-6)127-77(54(102)43(66)91)137-64-28(16-114-4)125-75(52(100)41(64)89)135-62-26(14-112-2)123-73(110)50(98)39(62)87/h25-110H,13-24H2,1-12H3/t25-,26-,27-,28-,29-,30-,31-,32-,33-,34-,35-,36-,37-,38+,39-,40-,41-,42-,43-,44-,45-,46-,47-,48-,49-,50-,51-,52-,53-,54-,55-,56-,57-,58-,59-,60-,61-,62-,63-,64-,65-,66-,67-,68-,69-,70-,71-,72-,73+,74-,75-,76-,77-,78-,79-,80-,81-,82-,83-,84-/m1/s1. The van der Waals surface area contributed by atoms with Gasteiger partial charge in [-0.05, 0) is 0 Å². The van der Waals surface area contributed by atoms with Crippen molar-refractivity contribution < 1.29 is 299 Å². The third-order valence-corrected chi connectivity index (χ3v) is 26.9. The monoisotopic (exact) mass is 2130 g/mol. The number of methoxy groups -OCH3 is 12. The molecule has 26 N–H and O–H groups in total. The van der Waals surface area contributed by atoms with Crippen LogP contribution in [-0.2, 0) is 166 Å². The summed E-state index contributed by atoms with van der Waals surface area (Å²) in [5, 5.41) is 299. The van der Waals surface area contributed by atoms with Gasteiger partial charge in [-0.15, -0.1) is 0 Å². The molecule has 12 fully saturated rings. The Labute approximate surface area is 829 Å². The van der Waals surface area contributed by atoms with Crippen LogP contribution < -0.4 is 0 Å². The maximum atomic E-state index is 12.0. The van der Waals surface area contributed by atoms with Crippen molar-refractivity contribution >= 4 is 0 Å². The van der Waals surface area contributed by atoms with E-state index in [1.807, 2.05) is 0 Å². The van der Waals surface area contributed by atoms with Gasteiger partial charge in [0.15, 0.2) is 75.5 Å². The van der Waals surface area contributed by atoms with Gasteiger partial charge in [-0.3, -0.25) is 0 Å². The minimum atomic E-state index is -2.19. The summed E-state index contributed by atoms with van der Waals surface area (Å²) in [5.74, 6) is 0. The molecule has 0 aromatic heterocycles. The van der Waals surface area contributed by atoms with Gasteiger partial charge in [0.2, 0.25) is 0 Å². The van der Waals surface area contributed by atoms with Crippen LogP contribution in [-0.4, -0.2) is 666 Å². The zero-order valence-electron chi connectivity index (χ0n) is 81.0. The van der Waals surface area contributed by atoms with Gasteiger partial charge < -0.3 is 299 Å². The number of ether oxygens (including phenoxy) is 35. The molecule has 12 rings (SSSR count). The lowest BCUT2D eigenvalue weighted by Crippen LogP contribution is -2.69. The van der Waals surface area contributed by atoms with Gasteiger partial charge in [-0.1, -0.05) is 0 Å². The van der Waals surface area contributed by atoms with E-state index < -0.39 is 428 Å². The largest absolute Gasteiger partial charge is 0.387 e. The van der Waals surface area contributed by atoms with E-state index in [2.05, 4.69) is 0 Å². The molecule has 60 atom stereocenters. The summed E-state index contributed by atoms with van der Waals surface area (Å²) in [7, 11) is 14.8. The highest BCUT2D eigenvalue weighted by molar-refractivity contribution is 5.06. The van der Waals surface area contributed by atoms with E-state index in [0.717, 1.165) is 0 Å². The fraction of sp³-hybridized carbons (Fsp3) is 1.00. The summed E-state index contributed by atoms with van der Waals surface area (Å²) in [6.45, 7) is -5.19. The quantitative estimate of drug-likeness (QED) is 0.0269. The molecule has 12 saturated heterocycles. The lowest BCUT2D eigenvalue weighted by Gasteiger charge is -2.50. The van der Waals surface area contributed by atoms with Gasteiger partial charge in [0.05, 0.1) is 79.3 Å². The Morgan fingerprint density at radius 1 is 0.117 bits per heavy atom. The number of aliphatic hydroxyl groups is 26. The summed E-state index contributed by atoms with van der Waals surface area (Å²) in [4.78, 5) is 0. The van der Waals surface area contributed by atoms with Gasteiger partial charge in [0, 0.05) is 85.3 Å². The SMILES string of the molecule is COC[C@H]1O[C@H](O[C@H]2[C@H](O)[C@@H](O)[C@@H](O[C@H]3[C@H](O)[C@@H](O)[C@@H](O[C@H]4[C@H](O)[C@@H](O)[C@@H](O[C@H]5[C@H](O)[C@@H](O)[C@@H](O[C@H]6[C@H](O)[C@@H](O)[C@@H](O[C@H]7[C@H](O)[C@@H](O)[C@@H](O[C@H]8[C@H](O)[C@@H](O)[C@@H](O[C@H]9[C@H](O)[C@@H](O)[C@@H](O[C@H]%10[C@H](O)[C@@H](O)[C@@H](O[C@H]%11[C@H](O)[C@@H](O)[C@@H](O[C@H]%12[C@H](O)[C@@H](O)[C@@H](O)O[C@@H]%12COC)O[C@@H]%11COC)O[C@@H]%10COC)O[C@@H]9COC)O[C@@H]8COC)O[C@@H]7COC)O[C@@H]6COC)O[C@@H]5COC)O[C@@H]4COC)O[C@@H]3COC)O[C@@H]2COC)[C@H](O)[C@@H](O)[C@@H]1O. The second-order valence-electron chi connectivity index (χ2n) is 36.9. The number of aliphatic hydroxyl groups excluding tert-OH is 26. The molecule has 0 saturated carbocycles. The first-order valence-corrected chi connectivity index (χ1v) is 46.8. The van der Waals surface area contributed by atoms with E-state index in [1.165, 1.54) is 85.3 Å². The second-order valence-corrected chi connectivity index (χ2v) is 36.9. The van der Waals surface area contributed by atoms with E-state index >= 15 is 0 Å². The predicted octanol–water partition coefficient (Wildman–Crippen LogP) is -19.3. The molecule has 0 radical (unpaired) electrons. The van der Waals surface area contributed by atoms with E-state index in [0.29, 0.717) is 0 Å². The van der Waals surface area contributed by atoms with Crippen molar-refractivity contribution in [3.63, 3.8) is 0 Å². The van der Waals surface area contributed by atoms with Gasteiger partial charge in [0.1, 0.15) is 293 Å². The number of hydrogen-bond donors (Lipinski definition) is 26. The first kappa shape index (κ1) is 121. The highest BCUT2D eigenvalue weighted by Crippen LogP contribution is 2.43. The summed E-state index contributed by atoms with van der Waals surface area (Å²) in [6, 6.07) is 0. The summed E-state index contributed by atoms with van der Waals surface area (Å²) in [6.07, 6.45) is -110. The average Bonchev–Trinajstić information content (AvgIpc) is 0.764. The van der Waals surface area contributed by atoms with Crippen molar-refractivity contribution in [2.75, 3.05) is 165 Å². The topological polar surface area (TPSA) is 849 Å². The van der Waals surface area contributed by atoms with E-state index in [4.69, 9.17) is 166 Å². The Balaban J connectivity index is 0.637. The lowest BCUT2D eigenvalue weighted by atomic mass is 9.95. The Morgan fingerprint density at radius 2 is 0.221 bits per heavy atom. The molecule has 61 nitrogen and oxygen atoms in total. The van der Waals surface area contributed by atoms with Crippen molar-refractivity contribution in [3.8, 4) is 0 Å². The van der Waals surface area contributed by atoms with Crippen LogP contribution in [0.25, 0.3) is 0 Å². The fourth-order valence-corrected chi connectivity index (χ4v) is 19.3. The maximum absolute atomic E-state index is 12.0. The Kier molecular flexibility index (Phi) is 46.3. The van der Waals surface area contributed by atoms with Crippen LogP contribution in [0, 0.1) is 0 Å². The van der Waals surface area contributed by atoms with Gasteiger partial charge in [-0.25, -0.2) is 0 Å². The fourth-order valence-electron chi connectivity index (χ4n) is 19.3. The minimum Gasteiger partial charge on any atom is -0.387 e. The molecule has 12 heterocycles. The van der Waals surface area contributed by atoms with Gasteiger partial charge in [-0.2, -0.15) is 0 Å². The third kappa shape index (κ3) is 27.3. The summed E-state index contributed by atoms with van der Waals surface area (Å²) < 4.78 is 202. The molecule has 12 aliphatic rings. The smallest absolute Gasteiger partial charge is 0.187 e. The molecule has 61 heteroatoms. The molecule has 0 bridgehead atoms. The minimum absolute atomic E-state index is 0.256. The van der Waals surface area contributed by atoms with Crippen LogP contribution in [0.4, 0.5) is 0 Å². The highest BCUT2D eigenvalue weighted by Gasteiger charge is 2.64. The van der Waals surface area contributed by atoms with E-state index in [1.54, 1.807) is 0 Å². The van der Waals surface area contributed by atoms with Crippen LogP contribution in [0.3, 0.4) is 0 Å². The average molecular weight is 2130 g/mol. The van der Waals surface area contributed by atoms with Crippen LogP contribution in [0.1, 0.15) is 0 Å². The highest BCUT2D eigenvalue weighted by atomic mass is 16.8. The Bertz CT molecular complexity index is 3560. The van der Waals surface area contributed by atoms with Crippen molar-refractivity contribution in [1.29, 1.82) is 0 Å². The Morgan fingerprint density at radius 3 is 0.352 bits per heavy atom. The van der Waals surface area contributed by atoms with Crippen molar-refractivity contribution in [3.05, 3.63) is 0 Å². The molecule has 12 aliphatic heterocycles. The van der Waals surface area contributed by atoms with Crippen LogP contribution in [0.15, 0.2) is 0 Å². The van der Waals surface area contributed by atoms with E-state index in [-0.39, 0.29) is 19.8 Å². The molecule has 0 spiro atoms. The molecule has 0 aromatic carbocycles. The third-order valence-electron chi connectivity index (χ3n) is 26.9. The molecular formula is C84H146O61. The van der Waals surface area contributed by atoms with Gasteiger partial charge in [0.25, 0.3) is 0 Å². The molecule has 0 amide bonds. The maximum Gasteiger partial charge on any atom is 0.187 e. The van der Waals surface area contributed by atoms with Crippen LogP contribution in [0.5, 0.6) is 0 Å². The first-order chi connectivity index (χ1) is 69.2. The van der Waals surface area contributed by atoms with Crippen molar-refractivity contribution in [1.82, 2.24) is 0 Å². The molecule has 0 unspecified atom stereocenters. The molecule has 145 heavy (non-hydrogen) atoms. The van der Waals surface area contributed by atoms with E-state index in [9.17, 15) is 133 Å². The number of rotatable bonds is 46. The summed E-state index contributed by atoms with van der Waals surface area (Å²) >= 11 is 0. The molecule has 0 aliphatic carbocycles. The molecular weight excluding hydrogens is 1980 g/mol. The Hall–Kier alpha value is -2.44. The number of hydrogen-bond acceptors (Lipinski definition) is 61. The summed E-state index contributed by atoms with van der Waals surface area (Å²) in [5.41, 5.74) is 0. The normalized spacial score (nSPS) is 50.4. The van der Waals surface area contributed by atoms with Crippen LogP contribution >= 0.6 is 0 Å².